The zero-order chi connectivity index (χ0) is 28.3. The number of aromatic carboxylic acids is 1. The normalized spacial score (nSPS) is 12.6. The minimum Gasteiger partial charge on any atom is -0.477 e. The SMILES string of the molecule is Cc1ccncc1C(c1c(F)ccc(F)c1F)S(=O)(=O)CCC(F)(F)F.O=C(O)c1cc2ccccc2[nH]1. The average molecular weight is 559 g/mol. The van der Waals surface area contributed by atoms with E-state index < -0.39 is 62.4 Å². The Balaban J connectivity index is 0.000000275. The Morgan fingerprint density at radius 1 is 1.05 bits per heavy atom. The number of aromatic amines is 1. The van der Waals surface area contributed by atoms with Crippen LogP contribution in [-0.2, 0) is 9.84 Å². The minimum absolute atomic E-state index is 0.224. The topological polar surface area (TPSA) is 100 Å². The molecule has 2 aromatic heterocycles. The van der Waals surface area contributed by atoms with Crippen LogP contribution in [0.15, 0.2) is 60.9 Å². The number of nitrogens with one attached hydrogen (secondary N) is 1. The number of nitrogens with zero attached hydrogens (tertiary/aromatic N) is 1. The van der Waals surface area contributed by atoms with Gasteiger partial charge in [0, 0.05) is 28.9 Å². The van der Waals surface area contributed by atoms with Crippen molar-refractivity contribution in [2.45, 2.75) is 24.8 Å². The van der Waals surface area contributed by atoms with Crippen LogP contribution in [0.25, 0.3) is 10.9 Å². The molecule has 2 heterocycles. The largest absolute Gasteiger partial charge is 0.477 e. The Morgan fingerprint density at radius 2 is 1.71 bits per heavy atom. The molecular formula is C25H20F6N2O4S. The first-order chi connectivity index (χ1) is 17.7. The third kappa shape index (κ3) is 6.71. The molecular weight excluding hydrogens is 538 g/mol. The molecule has 1 unspecified atom stereocenters. The standard InChI is InChI=1S/C16H13F6NO2S.C9H7NO2/c1-9-4-6-23-8-10(9)15(26(24,25)7-5-16(20,21)22)13-11(17)2-3-12(18)14(13)19;11-9(12)8-5-6-3-1-2-4-7(6)10-8/h2-4,6,8,15H,5,7H2,1H3;1-5,10H,(H,11,12). The molecule has 6 nitrogen and oxygen atoms in total. The maximum Gasteiger partial charge on any atom is 0.390 e. The fourth-order valence-electron chi connectivity index (χ4n) is 3.63. The van der Waals surface area contributed by atoms with Gasteiger partial charge in [-0.2, -0.15) is 13.2 Å². The van der Waals surface area contributed by atoms with Gasteiger partial charge in [0.15, 0.2) is 21.5 Å². The number of aromatic nitrogens is 2. The van der Waals surface area contributed by atoms with Crippen molar-refractivity contribution in [2.75, 3.05) is 5.75 Å². The van der Waals surface area contributed by atoms with E-state index in [0.29, 0.717) is 12.1 Å². The zero-order valence-corrected chi connectivity index (χ0v) is 20.4. The number of alkyl halides is 3. The van der Waals surface area contributed by atoms with Gasteiger partial charge >= 0.3 is 12.1 Å². The number of fused-ring (bicyclic) bond motifs is 1. The summed E-state index contributed by atoms with van der Waals surface area (Å²) in [5.74, 6) is -7.00. The second kappa shape index (κ2) is 11.3. The van der Waals surface area contributed by atoms with E-state index in [9.17, 15) is 39.6 Å². The van der Waals surface area contributed by atoms with Crippen molar-refractivity contribution in [3.05, 3.63) is 101 Å². The van der Waals surface area contributed by atoms with E-state index in [0.717, 1.165) is 17.1 Å². The van der Waals surface area contributed by atoms with E-state index in [2.05, 4.69) is 9.97 Å². The molecule has 1 atom stereocenters. The Labute approximate surface area is 212 Å². The summed E-state index contributed by atoms with van der Waals surface area (Å²) in [5, 5.41) is 7.42. The summed E-state index contributed by atoms with van der Waals surface area (Å²) < 4.78 is 105. The number of benzene rings is 2. The van der Waals surface area contributed by atoms with Crippen molar-refractivity contribution in [3.8, 4) is 0 Å². The highest BCUT2D eigenvalue weighted by atomic mass is 32.2. The molecule has 0 aliphatic heterocycles. The predicted molar refractivity (Wildman–Crippen MR) is 127 cm³/mol. The maximum absolute atomic E-state index is 14.2. The van der Waals surface area contributed by atoms with Gasteiger partial charge < -0.3 is 10.1 Å². The van der Waals surface area contributed by atoms with Crippen molar-refractivity contribution in [3.63, 3.8) is 0 Å². The highest BCUT2D eigenvalue weighted by molar-refractivity contribution is 7.91. The number of carbonyl (C=O) groups is 1. The summed E-state index contributed by atoms with van der Waals surface area (Å²) in [6.45, 7) is 1.40. The molecule has 13 heteroatoms. The number of pyridine rings is 1. The van der Waals surface area contributed by atoms with Gasteiger partial charge in [-0.1, -0.05) is 18.2 Å². The number of carboxylic acids is 1. The van der Waals surface area contributed by atoms with Crippen LogP contribution >= 0.6 is 0 Å². The summed E-state index contributed by atoms with van der Waals surface area (Å²) in [7, 11) is -4.75. The lowest BCUT2D eigenvalue weighted by molar-refractivity contribution is -0.129. The lowest BCUT2D eigenvalue weighted by Crippen LogP contribution is -2.25. The summed E-state index contributed by atoms with van der Waals surface area (Å²) in [6.07, 6.45) is -4.24. The highest BCUT2D eigenvalue weighted by Gasteiger charge is 2.39. The first-order valence-corrected chi connectivity index (χ1v) is 12.6. The van der Waals surface area contributed by atoms with Crippen molar-refractivity contribution < 1.29 is 44.7 Å². The van der Waals surface area contributed by atoms with E-state index >= 15 is 0 Å². The quantitative estimate of drug-likeness (QED) is 0.219. The first-order valence-electron chi connectivity index (χ1n) is 10.8. The Morgan fingerprint density at radius 3 is 2.32 bits per heavy atom. The Kier molecular flexibility index (Phi) is 8.50. The number of hydrogen-bond donors (Lipinski definition) is 2. The molecule has 0 spiro atoms. The van der Waals surface area contributed by atoms with Crippen LogP contribution in [0.4, 0.5) is 26.3 Å². The number of para-hydroxylation sites is 1. The van der Waals surface area contributed by atoms with E-state index in [4.69, 9.17) is 5.11 Å². The second-order valence-corrected chi connectivity index (χ2v) is 10.4. The van der Waals surface area contributed by atoms with Crippen LogP contribution in [0.5, 0.6) is 0 Å². The lowest BCUT2D eigenvalue weighted by atomic mass is 10.0. The first kappa shape index (κ1) is 28.7. The van der Waals surface area contributed by atoms with Crippen molar-refractivity contribution in [2.24, 2.45) is 0 Å². The van der Waals surface area contributed by atoms with E-state index in [1.807, 2.05) is 24.3 Å². The molecule has 4 rings (SSSR count). The summed E-state index contributed by atoms with van der Waals surface area (Å²) in [6, 6.07) is 11.4. The fourth-order valence-corrected chi connectivity index (χ4v) is 5.59. The smallest absolute Gasteiger partial charge is 0.390 e. The lowest BCUT2D eigenvalue weighted by Gasteiger charge is -2.21. The molecule has 0 aliphatic rings. The molecule has 0 fully saturated rings. The van der Waals surface area contributed by atoms with Gasteiger partial charge in [-0.05, 0) is 48.4 Å². The monoisotopic (exact) mass is 558 g/mol. The zero-order valence-electron chi connectivity index (χ0n) is 19.6. The number of H-pyrrole nitrogens is 1. The fraction of sp³-hybridized carbons (Fsp3) is 0.200. The van der Waals surface area contributed by atoms with E-state index in [1.54, 1.807) is 6.07 Å². The minimum atomic E-state index is -4.79. The van der Waals surface area contributed by atoms with Gasteiger partial charge in [-0.3, -0.25) is 4.98 Å². The summed E-state index contributed by atoms with van der Waals surface area (Å²) >= 11 is 0. The highest BCUT2D eigenvalue weighted by Crippen LogP contribution is 2.37. The number of hydrogen-bond acceptors (Lipinski definition) is 4. The maximum atomic E-state index is 14.2. The van der Waals surface area contributed by atoms with E-state index in [-0.39, 0.29) is 16.8 Å². The van der Waals surface area contributed by atoms with Crippen LogP contribution in [0, 0.1) is 24.4 Å². The Hall–Kier alpha value is -3.87. The van der Waals surface area contributed by atoms with Gasteiger partial charge in [-0.15, -0.1) is 0 Å². The summed E-state index contributed by atoms with van der Waals surface area (Å²) in [4.78, 5) is 17.0. The van der Waals surface area contributed by atoms with E-state index in [1.165, 1.54) is 19.2 Å². The van der Waals surface area contributed by atoms with Crippen molar-refractivity contribution in [1.82, 2.24) is 9.97 Å². The third-order valence-electron chi connectivity index (χ3n) is 5.49. The molecule has 0 saturated carbocycles. The number of aryl methyl sites for hydroxylation is 1. The van der Waals surface area contributed by atoms with Crippen molar-refractivity contribution in [1.29, 1.82) is 0 Å². The van der Waals surface area contributed by atoms with Gasteiger partial charge in [0.05, 0.1) is 12.2 Å². The molecule has 0 amide bonds. The van der Waals surface area contributed by atoms with Gasteiger partial charge in [-0.25, -0.2) is 26.4 Å². The average Bonchev–Trinajstić information content (AvgIpc) is 3.29. The van der Waals surface area contributed by atoms with Crippen LogP contribution in [0.1, 0.15) is 38.8 Å². The Bertz CT molecular complexity index is 1530. The van der Waals surface area contributed by atoms with Crippen LogP contribution < -0.4 is 0 Å². The predicted octanol–water partition coefficient (Wildman–Crippen LogP) is 6.13. The number of rotatable bonds is 6. The molecule has 202 valence electrons. The van der Waals surface area contributed by atoms with Gasteiger partial charge in [0.2, 0.25) is 0 Å². The molecule has 0 radical (unpaired) electrons. The van der Waals surface area contributed by atoms with Crippen LogP contribution in [0.2, 0.25) is 0 Å². The van der Waals surface area contributed by atoms with Gasteiger partial charge in [0.25, 0.3) is 0 Å². The number of halogens is 6. The van der Waals surface area contributed by atoms with Crippen LogP contribution in [0.3, 0.4) is 0 Å². The second-order valence-electron chi connectivity index (χ2n) is 8.18. The molecule has 2 aromatic carbocycles. The third-order valence-corrected chi connectivity index (χ3v) is 7.47. The number of sulfone groups is 1. The summed E-state index contributed by atoms with van der Waals surface area (Å²) in [5.41, 5.74) is -0.0731. The van der Waals surface area contributed by atoms with Crippen LogP contribution in [-0.4, -0.2) is 41.4 Å². The molecule has 38 heavy (non-hydrogen) atoms. The molecule has 0 bridgehead atoms. The van der Waals surface area contributed by atoms with Crippen molar-refractivity contribution >= 4 is 26.7 Å². The molecule has 0 saturated heterocycles. The number of carboxylic acid groups (broad SMARTS) is 1. The van der Waals surface area contributed by atoms with Gasteiger partial charge in [0.1, 0.15) is 16.8 Å². The molecule has 2 N–H and O–H groups in total. The molecule has 0 aliphatic carbocycles. The molecule has 4 aromatic rings.